The maximum absolute atomic E-state index is 12.0. The Morgan fingerprint density at radius 2 is 2.28 bits per heavy atom. The normalized spacial score (nSPS) is 15.9. The molecule has 4 nitrogen and oxygen atoms in total. The van der Waals surface area contributed by atoms with Crippen LogP contribution in [0.15, 0.2) is 18.2 Å². The van der Waals surface area contributed by atoms with Gasteiger partial charge in [0.15, 0.2) is 0 Å². The van der Waals surface area contributed by atoms with E-state index in [1.165, 1.54) is 0 Å². The molecular weight excluding hydrogens is 228 g/mol. The summed E-state index contributed by atoms with van der Waals surface area (Å²) in [5.41, 5.74) is 8.69. The van der Waals surface area contributed by atoms with Gasteiger partial charge in [0, 0.05) is 25.4 Å². The van der Waals surface area contributed by atoms with Crippen molar-refractivity contribution in [3.63, 3.8) is 0 Å². The number of carbonyl (C=O) groups excluding carboxylic acids is 1. The van der Waals surface area contributed by atoms with E-state index in [2.05, 4.69) is 0 Å². The second kappa shape index (κ2) is 5.50. The van der Waals surface area contributed by atoms with Crippen LogP contribution in [0, 0.1) is 5.92 Å². The molecule has 1 unspecified atom stereocenters. The number of hydrogen-bond acceptors (Lipinski definition) is 3. The van der Waals surface area contributed by atoms with Gasteiger partial charge in [-0.25, -0.2) is 0 Å². The predicted molar refractivity (Wildman–Crippen MR) is 71.3 cm³/mol. The van der Waals surface area contributed by atoms with Crippen molar-refractivity contribution in [2.45, 2.75) is 26.3 Å². The number of hydrogen-bond donors (Lipinski definition) is 2. The molecule has 1 aromatic carbocycles. The third-order valence-corrected chi connectivity index (χ3v) is 3.59. The minimum atomic E-state index is 0.117. The average Bonchev–Trinajstić information content (AvgIpc) is 2.70. The van der Waals surface area contributed by atoms with Gasteiger partial charge in [0.05, 0.1) is 6.42 Å². The van der Waals surface area contributed by atoms with Gasteiger partial charge in [-0.15, -0.1) is 0 Å². The molecule has 0 saturated heterocycles. The number of aliphatic hydroxyl groups excluding tert-OH is 1. The van der Waals surface area contributed by atoms with Crippen molar-refractivity contribution in [2.75, 3.05) is 18.1 Å². The molecular formula is C14H20N2O2. The van der Waals surface area contributed by atoms with Crippen LogP contribution in [0.5, 0.6) is 0 Å². The van der Waals surface area contributed by atoms with Gasteiger partial charge in [0.2, 0.25) is 5.91 Å². The summed E-state index contributed by atoms with van der Waals surface area (Å²) >= 11 is 0. The number of aliphatic hydroxyl groups is 1. The van der Waals surface area contributed by atoms with Crippen LogP contribution in [0.4, 0.5) is 5.69 Å². The third-order valence-electron chi connectivity index (χ3n) is 3.59. The Bertz CT molecular complexity index is 441. The fraction of sp³-hybridized carbons (Fsp3) is 0.500. The number of nitrogens with two attached hydrogens (primary N) is 1. The van der Waals surface area contributed by atoms with Crippen LogP contribution in [0.25, 0.3) is 0 Å². The second-order valence-corrected chi connectivity index (χ2v) is 4.81. The molecule has 1 heterocycles. The van der Waals surface area contributed by atoms with Crippen LogP contribution in [-0.4, -0.2) is 24.2 Å². The molecule has 3 N–H and O–H groups in total. The van der Waals surface area contributed by atoms with Crippen LogP contribution in [0.1, 0.15) is 24.5 Å². The van der Waals surface area contributed by atoms with Crippen molar-refractivity contribution in [3.05, 3.63) is 29.3 Å². The molecule has 2 rings (SSSR count). The van der Waals surface area contributed by atoms with E-state index in [1.54, 1.807) is 4.90 Å². The Morgan fingerprint density at radius 1 is 1.50 bits per heavy atom. The Balaban J connectivity index is 2.22. The lowest BCUT2D eigenvalue weighted by molar-refractivity contribution is -0.117. The molecule has 1 atom stereocenters. The number of nitrogens with zero attached hydrogens (tertiary/aromatic N) is 1. The van der Waals surface area contributed by atoms with Crippen molar-refractivity contribution in [1.82, 2.24) is 0 Å². The lowest BCUT2D eigenvalue weighted by Crippen LogP contribution is -2.33. The summed E-state index contributed by atoms with van der Waals surface area (Å²) in [6, 6.07) is 5.93. The van der Waals surface area contributed by atoms with Gasteiger partial charge >= 0.3 is 0 Å². The van der Waals surface area contributed by atoms with Gasteiger partial charge in [-0.1, -0.05) is 19.1 Å². The van der Waals surface area contributed by atoms with Crippen LogP contribution in [0.3, 0.4) is 0 Å². The van der Waals surface area contributed by atoms with Gasteiger partial charge in [-0.05, 0) is 29.5 Å². The molecule has 1 aliphatic rings. The van der Waals surface area contributed by atoms with E-state index in [-0.39, 0.29) is 18.4 Å². The summed E-state index contributed by atoms with van der Waals surface area (Å²) in [6.45, 7) is 3.24. The molecule has 1 amide bonds. The first-order valence-corrected chi connectivity index (χ1v) is 6.42. The zero-order valence-corrected chi connectivity index (χ0v) is 10.7. The number of benzene rings is 1. The van der Waals surface area contributed by atoms with Gasteiger partial charge < -0.3 is 15.7 Å². The first-order chi connectivity index (χ1) is 8.69. The standard InChI is InChI=1S/C14H20N2O2/c1-2-10(9-17)8-16-13-4-3-11(7-15)5-12(13)6-14(16)18/h3-5,10,17H,2,6-9,15H2,1H3. The summed E-state index contributed by atoms with van der Waals surface area (Å²) in [4.78, 5) is 13.8. The average molecular weight is 248 g/mol. The molecule has 1 aromatic rings. The maximum Gasteiger partial charge on any atom is 0.231 e. The maximum atomic E-state index is 12.0. The molecule has 1 aliphatic heterocycles. The van der Waals surface area contributed by atoms with Gasteiger partial charge in [0.1, 0.15) is 0 Å². The van der Waals surface area contributed by atoms with Crippen LogP contribution in [-0.2, 0) is 17.8 Å². The van der Waals surface area contributed by atoms with Gasteiger partial charge in [-0.3, -0.25) is 4.79 Å². The highest BCUT2D eigenvalue weighted by molar-refractivity contribution is 6.01. The second-order valence-electron chi connectivity index (χ2n) is 4.81. The molecule has 98 valence electrons. The van der Waals surface area contributed by atoms with E-state index < -0.39 is 0 Å². The van der Waals surface area contributed by atoms with Crippen molar-refractivity contribution < 1.29 is 9.90 Å². The number of rotatable bonds is 5. The number of fused-ring (bicyclic) bond motifs is 1. The van der Waals surface area contributed by atoms with Gasteiger partial charge in [0.25, 0.3) is 0 Å². The molecule has 0 radical (unpaired) electrons. The third kappa shape index (κ3) is 2.40. The summed E-state index contributed by atoms with van der Waals surface area (Å²) in [5.74, 6) is 0.264. The smallest absolute Gasteiger partial charge is 0.231 e. The molecule has 18 heavy (non-hydrogen) atoms. The zero-order valence-electron chi connectivity index (χ0n) is 10.7. The lowest BCUT2D eigenvalue weighted by atomic mass is 10.1. The monoisotopic (exact) mass is 248 g/mol. The summed E-state index contributed by atoms with van der Waals surface area (Å²) in [5, 5.41) is 9.25. The highest BCUT2D eigenvalue weighted by Gasteiger charge is 2.28. The van der Waals surface area contributed by atoms with Crippen molar-refractivity contribution in [1.29, 1.82) is 0 Å². The van der Waals surface area contributed by atoms with Crippen molar-refractivity contribution in [3.8, 4) is 0 Å². The first kappa shape index (κ1) is 13.1. The molecule has 0 saturated carbocycles. The van der Waals surface area contributed by atoms with E-state index in [1.807, 2.05) is 25.1 Å². The summed E-state index contributed by atoms with van der Waals surface area (Å²) in [6.07, 6.45) is 1.32. The topological polar surface area (TPSA) is 66.6 Å². The minimum Gasteiger partial charge on any atom is -0.396 e. The SMILES string of the molecule is CCC(CO)CN1C(=O)Cc2cc(CN)ccc21. The van der Waals surface area contributed by atoms with Crippen molar-refractivity contribution in [2.24, 2.45) is 11.7 Å². The quantitative estimate of drug-likeness (QED) is 0.818. The van der Waals surface area contributed by atoms with Crippen LogP contribution in [0.2, 0.25) is 0 Å². The summed E-state index contributed by atoms with van der Waals surface area (Å²) in [7, 11) is 0. The predicted octanol–water partition coefficient (Wildman–Crippen LogP) is 1.05. The number of amides is 1. The molecule has 0 spiro atoms. The van der Waals surface area contributed by atoms with E-state index in [4.69, 9.17) is 5.73 Å². The first-order valence-electron chi connectivity index (χ1n) is 6.42. The molecule has 0 aliphatic carbocycles. The van der Waals surface area contributed by atoms with Gasteiger partial charge in [-0.2, -0.15) is 0 Å². The molecule has 0 bridgehead atoms. The largest absolute Gasteiger partial charge is 0.396 e. The Labute approximate surface area is 107 Å². The van der Waals surface area contributed by atoms with Crippen LogP contribution >= 0.6 is 0 Å². The molecule has 4 heteroatoms. The molecule has 0 fully saturated rings. The molecule has 0 aromatic heterocycles. The fourth-order valence-corrected chi connectivity index (χ4v) is 2.34. The van der Waals surface area contributed by atoms with Crippen LogP contribution < -0.4 is 10.6 Å². The lowest BCUT2D eigenvalue weighted by Gasteiger charge is -2.22. The van der Waals surface area contributed by atoms with E-state index >= 15 is 0 Å². The minimum absolute atomic E-state index is 0.117. The highest BCUT2D eigenvalue weighted by atomic mass is 16.3. The summed E-state index contributed by atoms with van der Waals surface area (Å²) < 4.78 is 0. The zero-order chi connectivity index (χ0) is 13.1. The Kier molecular flexibility index (Phi) is 3.99. The Hall–Kier alpha value is -1.39. The van der Waals surface area contributed by atoms with E-state index in [0.29, 0.717) is 19.5 Å². The number of anilines is 1. The fourth-order valence-electron chi connectivity index (χ4n) is 2.34. The van der Waals surface area contributed by atoms with E-state index in [0.717, 1.165) is 23.2 Å². The van der Waals surface area contributed by atoms with E-state index in [9.17, 15) is 9.90 Å². The number of carbonyl (C=O) groups is 1. The highest BCUT2D eigenvalue weighted by Crippen LogP contribution is 2.30. The van der Waals surface area contributed by atoms with Crippen molar-refractivity contribution >= 4 is 11.6 Å². The Morgan fingerprint density at radius 3 is 2.89 bits per heavy atom.